The van der Waals surface area contributed by atoms with E-state index < -0.39 is 0 Å². The van der Waals surface area contributed by atoms with Crippen molar-refractivity contribution >= 4 is 6.03 Å². The van der Waals surface area contributed by atoms with Crippen LogP contribution >= 0.6 is 0 Å². The van der Waals surface area contributed by atoms with Gasteiger partial charge in [0, 0.05) is 25.4 Å². The maximum atomic E-state index is 12.4. The highest BCUT2D eigenvalue weighted by atomic mass is 16.2. The van der Waals surface area contributed by atoms with Crippen LogP contribution in [0.25, 0.3) is 0 Å². The van der Waals surface area contributed by atoms with Gasteiger partial charge in [-0.2, -0.15) is 5.10 Å². The second-order valence-electron chi connectivity index (χ2n) is 6.91. The molecule has 0 unspecified atom stereocenters. The molecular formula is C19H29N5O. The Morgan fingerprint density at radius 1 is 1.20 bits per heavy atom. The molecule has 0 radical (unpaired) electrons. The number of likely N-dealkylation sites (N-methyl/N-ethyl adjacent to an activating group) is 1. The van der Waals surface area contributed by atoms with E-state index in [1.54, 1.807) is 4.68 Å². The molecule has 2 aromatic rings. The van der Waals surface area contributed by atoms with Crippen molar-refractivity contribution in [1.29, 1.82) is 0 Å². The third-order valence-corrected chi connectivity index (χ3v) is 4.30. The lowest BCUT2D eigenvalue weighted by Gasteiger charge is -2.26. The van der Waals surface area contributed by atoms with Crippen molar-refractivity contribution in [3.05, 3.63) is 53.9 Å². The van der Waals surface area contributed by atoms with E-state index in [1.165, 1.54) is 0 Å². The Balaban J connectivity index is 1.98. The molecule has 1 aromatic carbocycles. The van der Waals surface area contributed by atoms with Gasteiger partial charge in [0.25, 0.3) is 0 Å². The predicted octanol–water partition coefficient (Wildman–Crippen LogP) is 2.72. The third-order valence-electron chi connectivity index (χ3n) is 4.30. The van der Waals surface area contributed by atoms with Crippen LogP contribution in [-0.4, -0.2) is 41.4 Å². The van der Waals surface area contributed by atoms with Crippen molar-refractivity contribution in [2.75, 3.05) is 20.6 Å². The summed E-state index contributed by atoms with van der Waals surface area (Å²) in [7, 11) is 5.89. The first kappa shape index (κ1) is 19.0. The fraction of sp³-hybridized carbons (Fsp3) is 0.474. The van der Waals surface area contributed by atoms with Gasteiger partial charge >= 0.3 is 6.03 Å². The molecule has 0 aliphatic carbocycles. The van der Waals surface area contributed by atoms with Crippen molar-refractivity contribution in [3.8, 4) is 0 Å². The monoisotopic (exact) mass is 343 g/mol. The molecule has 0 spiro atoms. The van der Waals surface area contributed by atoms with E-state index in [9.17, 15) is 4.79 Å². The number of carbonyl (C=O) groups is 1. The molecule has 0 saturated heterocycles. The minimum Gasteiger partial charge on any atom is -0.336 e. The molecule has 1 heterocycles. The van der Waals surface area contributed by atoms with Crippen molar-refractivity contribution < 1.29 is 4.79 Å². The molecule has 2 N–H and O–H groups in total. The summed E-state index contributed by atoms with van der Waals surface area (Å²) in [6, 6.07) is 9.97. The molecule has 2 atom stereocenters. The van der Waals surface area contributed by atoms with Crippen molar-refractivity contribution in [2.45, 2.75) is 25.9 Å². The summed E-state index contributed by atoms with van der Waals surface area (Å²) in [5.41, 5.74) is 2.19. The molecule has 0 aliphatic rings. The van der Waals surface area contributed by atoms with Crippen molar-refractivity contribution in [3.63, 3.8) is 0 Å². The molecule has 2 rings (SSSR count). The number of nitrogens with zero attached hydrogens (tertiary/aromatic N) is 3. The molecule has 6 heteroatoms. The fourth-order valence-corrected chi connectivity index (χ4v) is 2.89. The lowest BCUT2D eigenvalue weighted by molar-refractivity contribution is 0.225. The number of rotatable bonds is 7. The second-order valence-corrected chi connectivity index (χ2v) is 6.91. The van der Waals surface area contributed by atoms with E-state index in [2.05, 4.69) is 34.5 Å². The largest absolute Gasteiger partial charge is 0.336 e. The zero-order chi connectivity index (χ0) is 18.4. The summed E-state index contributed by atoms with van der Waals surface area (Å²) in [4.78, 5) is 14.5. The van der Waals surface area contributed by atoms with Gasteiger partial charge in [-0.3, -0.25) is 4.68 Å². The summed E-state index contributed by atoms with van der Waals surface area (Å²) in [6.07, 6.45) is 3.82. The van der Waals surface area contributed by atoms with Crippen LogP contribution in [-0.2, 0) is 7.05 Å². The second kappa shape index (κ2) is 8.67. The molecule has 6 nitrogen and oxygen atoms in total. The molecule has 0 saturated carbocycles. The van der Waals surface area contributed by atoms with Gasteiger partial charge in [-0.25, -0.2) is 4.79 Å². The first-order valence-electron chi connectivity index (χ1n) is 8.62. The van der Waals surface area contributed by atoms with Gasteiger partial charge < -0.3 is 15.5 Å². The van der Waals surface area contributed by atoms with Crippen LogP contribution in [0.2, 0.25) is 0 Å². The average Bonchev–Trinajstić information content (AvgIpc) is 2.99. The van der Waals surface area contributed by atoms with Crippen LogP contribution in [0.3, 0.4) is 0 Å². The molecule has 0 aliphatic heterocycles. The van der Waals surface area contributed by atoms with Crippen LogP contribution < -0.4 is 10.6 Å². The number of aryl methyl sites for hydroxylation is 1. The number of urea groups is 1. The normalized spacial score (nSPS) is 13.7. The summed E-state index contributed by atoms with van der Waals surface area (Å²) in [5, 5.41) is 10.3. The zero-order valence-corrected chi connectivity index (χ0v) is 15.7. The minimum atomic E-state index is -0.154. The van der Waals surface area contributed by atoms with E-state index in [0.717, 1.165) is 11.1 Å². The van der Waals surface area contributed by atoms with Crippen LogP contribution in [0.4, 0.5) is 4.79 Å². The van der Waals surface area contributed by atoms with E-state index in [0.29, 0.717) is 12.5 Å². The first-order valence-corrected chi connectivity index (χ1v) is 8.62. The van der Waals surface area contributed by atoms with Gasteiger partial charge in [-0.15, -0.1) is 0 Å². The average molecular weight is 343 g/mol. The van der Waals surface area contributed by atoms with Gasteiger partial charge in [-0.05, 0) is 25.6 Å². The topological polar surface area (TPSA) is 62.2 Å². The summed E-state index contributed by atoms with van der Waals surface area (Å²) >= 11 is 0. The van der Waals surface area contributed by atoms with Gasteiger partial charge in [-0.1, -0.05) is 44.2 Å². The van der Waals surface area contributed by atoms with Crippen LogP contribution in [0, 0.1) is 5.92 Å². The van der Waals surface area contributed by atoms with Gasteiger partial charge in [0.2, 0.25) is 0 Å². The van der Waals surface area contributed by atoms with Crippen molar-refractivity contribution in [2.24, 2.45) is 13.0 Å². The Hall–Kier alpha value is -2.34. The Morgan fingerprint density at radius 2 is 1.88 bits per heavy atom. The van der Waals surface area contributed by atoms with E-state index >= 15 is 0 Å². The highest BCUT2D eigenvalue weighted by Crippen LogP contribution is 2.21. The quantitative estimate of drug-likeness (QED) is 0.812. The summed E-state index contributed by atoms with van der Waals surface area (Å²) in [6.45, 7) is 4.73. The number of hydrogen-bond donors (Lipinski definition) is 2. The van der Waals surface area contributed by atoms with E-state index in [4.69, 9.17) is 0 Å². The van der Waals surface area contributed by atoms with Gasteiger partial charge in [0.1, 0.15) is 0 Å². The van der Waals surface area contributed by atoms with Crippen LogP contribution in [0.5, 0.6) is 0 Å². The highest BCUT2D eigenvalue weighted by Gasteiger charge is 2.20. The maximum Gasteiger partial charge on any atom is 0.315 e. The third kappa shape index (κ3) is 5.32. The number of aromatic nitrogens is 2. The molecular weight excluding hydrogens is 314 g/mol. The Morgan fingerprint density at radius 3 is 2.40 bits per heavy atom. The number of carbonyl (C=O) groups excluding carboxylic acids is 1. The summed E-state index contributed by atoms with van der Waals surface area (Å²) < 4.78 is 1.77. The van der Waals surface area contributed by atoms with Gasteiger partial charge in [0.15, 0.2) is 0 Å². The first-order chi connectivity index (χ1) is 11.9. The van der Waals surface area contributed by atoms with Crippen molar-refractivity contribution in [1.82, 2.24) is 25.3 Å². The summed E-state index contributed by atoms with van der Waals surface area (Å²) in [5.74, 6) is 0.302. The standard InChI is InChI=1S/C19H29N5O/c1-14(2)18(15-9-7-6-8-10-15)22-19(25)20-12-17(23(3)4)16-11-21-24(5)13-16/h6-11,13-14,17-18H,12H2,1-5H3,(H2,20,22,25)/t17-,18+/m0/s1. The SMILES string of the molecule is CC(C)[C@@H](NC(=O)NC[C@@H](c1cnn(C)c1)N(C)C)c1ccccc1. The predicted molar refractivity (Wildman–Crippen MR) is 100 cm³/mol. The molecule has 0 fully saturated rings. The van der Waals surface area contributed by atoms with E-state index in [1.807, 2.05) is 63.9 Å². The fourth-order valence-electron chi connectivity index (χ4n) is 2.89. The Kier molecular flexibility index (Phi) is 6.58. The lowest BCUT2D eigenvalue weighted by Crippen LogP contribution is -2.43. The number of benzene rings is 1. The smallest absolute Gasteiger partial charge is 0.315 e. The zero-order valence-electron chi connectivity index (χ0n) is 15.7. The highest BCUT2D eigenvalue weighted by molar-refractivity contribution is 5.74. The minimum absolute atomic E-state index is 0.0163. The van der Waals surface area contributed by atoms with Crippen LogP contribution in [0.15, 0.2) is 42.7 Å². The molecule has 2 amide bonds. The maximum absolute atomic E-state index is 12.4. The van der Waals surface area contributed by atoms with Crippen LogP contribution in [0.1, 0.15) is 37.1 Å². The number of nitrogens with one attached hydrogen (secondary N) is 2. The molecule has 25 heavy (non-hydrogen) atoms. The number of hydrogen-bond acceptors (Lipinski definition) is 3. The van der Waals surface area contributed by atoms with E-state index in [-0.39, 0.29) is 18.1 Å². The Labute approximate surface area is 150 Å². The molecule has 1 aromatic heterocycles. The molecule has 136 valence electrons. The number of amides is 2. The lowest BCUT2D eigenvalue weighted by atomic mass is 9.96. The van der Waals surface area contributed by atoms with Gasteiger partial charge in [0.05, 0.1) is 18.3 Å². The molecule has 0 bridgehead atoms. The Bertz CT molecular complexity index is 665.